The van der Waals surface area contributed by atoms with Crippen LogP contribution in [0.3, 0.4) is 0 Å². The van der Waals surface area contributed by atoms with Gasteiger partial charge in [0.2, 0.25) is 5.95 Å². The lowest BCUT2D eigenvalue weighted by Crippen LogP contribution is -2.47. The molecule has 0 unspecified atom stereocenters. The highest BCUT2D eigenvalue weighted by Crippen LogP contribution is 2.26. The lowest BCUT2D eigenvalue weighted by Gasteiger charge is -2.34. The third kappa shape index (κ3) is 3.72. The number of nitrogens with one attached hydrogen (secondary N) is 1. The van der Waals surface area contributed by atoms with Gasteiger partial charge in [0.25, 0.3) is 0 Å². The second kappa shape index (κ2) is 7.50. The number of benzene rings is 1. The average molecular weight is 367 g/mol. The summed E-state index contributed by atoms with van der Waals surface area (Å²) in [5.41, 5.74) is 3.00. The van der Waals surface area contributed by atoms with Gasteiger partial charge in [-0.1, -0.05) is 12.1 Å². The van der Waals surface area contributed by atoms with Crippen molar-refractivity contribution >= 4 is 28.5 Å². The quantitative estimate of drug-likeness (QED) is 0.708. The van der Waals surface area contributed by atoms with Crippen molar-refractivity contribution < 1.29 is 5.11 Å². The number of rotatable bonds is 5. The fraction of sp³-hybridized carbons (Fsp3) is 0.421. The van der Waals surface area contributed by atoms with E-state index in [1.54, 1.807) is 10.9 Å². The van der Waals surface area contributed by atoms with E-state index in [9.17, 15) is 0 Å². The van der Waals surface area contributed by atoms with Crippen LogP contribution in [-0.2, 0) is 7.05 Å². The summed E-state index contributed by atoms with van der Waals surface area (Å²) in [6.45, 7) is 6.46. The molecule has 0 saturated carbocycles. The zero-order valence-electron chi connectivity index (χ0n) is 15.8. The number of aryl methyl sites for hydroxylation is 2. The zero-order chi connectivity index (χ0) is 18.8. The molecule has 1 saturated heterocycles. The minimum Gasteiger partial charge on any atom is -0.395 e. The number of fused-ring (bicyclic) bond motifs is 1. The van der Waals surface area contributed by atoms with Crippen LogP contribution in [0.5, 0.6) is 0 Å². The number of aliphatic hydroxyl groups excluding tert-OH is 1. The Kier molecular flexibility index (Phi) is 4.91. The third-order valence-electron chi connectivity index (χ3n) is 4.93. The topological polar surface area (TPSA) is 82.3 Å². The van der Waals surface area contributed by atoms with E-state index >= 15 is 0 Å². The Morgan fingerprint density at radius 1 is 1.15 bits per heavy atom. The lowest BCUT2D eigenvalue weighted by molar-refractivity contribution is 0.188. The summed E-state index contributed by atoms with van der Waals surface area (Å²) < 4.78 is 1.78. The van der Waals surface area contributed by atoms with E-state index in [2.05, 4.69) is 39.3 Å². The number of hydrogen-bond donors (Lipinski definition) is 2. The Morgan fingerprint density at radius 3 is 2.70 bits per heavy atom. The summed E-state index contributed by atoms with van der Waals surface area (Å²) in [6, 6.07) is 8.23. The maximum atomic E-state index is 9.12. The molecule has 3 aromatic rings. The van der Waals surface area contributed by atoms with Gasteiger partial charge >= 0.3 is 0 Å². The van der Waals surface area contributed by atoms with Crippen LogP contribution >= 0.6 is 0 Å². The van der Waals surface area contributed by atoms with Gasteiger partial charge in [0.15, 0.2) is 5.65 Å². The minimum absolute atomic E-state index is 0.196. The monoisotopic (exact) mass is 367 g/mol. The van der Waals surface area contributed by atoms with Gasteiger partial charge in [-0.05, 0) is 24.6 Å². The molecule has 2 aromatic heterocycles. The molecule has 0 spiro atoms. The molecule has 1 fully saturated rings. The molecule has 27 heavy (non-hydrogen) atoms. The largest absolute Gasteiger partial charge is 0.395 e. The molecule has 0 atom stereocenters. The van der Waals surface area contributed by atoms with Gasteiger partial charge in [0.05, 0.1) is 18.2 Å². The molecule has 1 aliphatic rings. The maximum absolute atomic E-state index is 9.12. The number of aromatic nitrogens is 4. The van der Waals surface area contributed by atoms with Gasteiger partial charge in [0, 0.05) is 45.5 Å². The smallest absolute Gasteiger partial charge is 0.229 e. The van der Waals surface area contributed by atoms with Crippen molar-refractivity contribution in [3.63, 3.8) is 0 Å². The van der Waals surface area contributed by atoms with Crippen LogP contribution in [0.2, 0.25) is 0 Å². The highest BCUT2D eigenvalue weighted by Gasteiger charge is 2.21. The molecular weight excluding hydrogens is 342 g/mol. The molecule has 3 heterocycles. The zero-order valence-corrected chi connectivity index (χ0v) is 15.8. The van der Waals surface area contributed by atoms with E-state index in [0.717, 1.165) is 55.3 Å². The molecule has 8 heteroatoms. The molecule has 1 aromatic carbocycles. The summed E-state index contributed by atoms with van der Waals surface area (Å²) in [5.74, 6) is 1.48. The van der Waals surface area contributed by atoms with Crippen molar-refractivity contribution in [2.45, 2.75) is 6.92 Å². The predicted octanol–water partition coefficient (Wildman–Crippen LogP) is 1.53. The van der Waals surface area contributed by atoms with Gasteiger partial charge in [-0.25, -0.2) is 0 Å². The molecule has 0 aliphatic carbocycles. The van der Waals surface area contributed by atoms with Crippen LogP contribution in [-0.4, -0.2) is 69.1 Å². The van der Waals surface area contributed by atoms with Crippen molar-refractivity contribution in [3.8, 4) is 0 Å². The fourth-order valence-corrected chi connectivity index (χ4v) is 3.42. The van der Waals surface area contributed by atoms with Crippen molar-refractivity contribution in [3.05, 3.63) is 36.0 Å². The Bertz CT molecular complexity index is 931. The average Bonchev–Trinajstić information content (AvgIpc) is 3.04. The van der Waals surface area contributed by atoms with Crippen molar-refractivity contribution in [2.75, 3.05) is 49.5 Å². The second-order valence-electron chi connectivity index (χ2n) is 6.92. The first kappa shape index (κ1) is 17.7. The summed E-state index contributed by atoms with van der Waals surface area (Å²) in [7, 11) is 1.90. The number of piperazine rings is 1. The Labute approximate surface area is 158 Å². The van der Waals surface area contributed by atoms with Crippen molar-refractivity contribution in [1.82, 2.24) is 24.6 Å². The van der Waals surface area contributed by atoms with Crippen LogP contribution in [0.25, 0.3) is 11.0 Å². The predicted molar refractivity (Wildman–Crippen MR) is 107 cm³/mol. The first-order valence-electron chi connectivity index (χ1n) is 9.25. The molecule has 0 amide bonds. The standard InChI is InChI=1S/C19H25N7O/c1-14-4-3-5-15(12-14)21-17-16-13-20-24(2)18(16)23-19(22-17)26-8-6-25(7-9-26)10-11-27/h3-5,12-13,27H,6-11H2,1-2H3,(H,21,22,23). The maximum Gasteiger partial charge on any atom is 0.229 e. The molecule has 142 valence electrons. The van der Waals surface area contributed by atoms with Crippen LogP contribution in [0.1, 0.15) is 5.56 Å². The SMILES string of the molecule is Cc1cccc(Nc2nc(N3CCN(CCO)CC3)nc3c2cnn3C)c1. The minimum atomic E-state index is 0.196. The molecule has 8 nitrogen and oxygen atoms in total. The molecule has 4 rings (SSSR count). The molecule has 0 bridgehead atoms. The number of anilines is 3. The Morgan fingerprint density at radius 2 is 1.96 bits per heavy atom. The third-order valence-corrected chi connectivity index (χ3v) is 4.93. The number of aliphatic hydroxyl groups is 1. The van der Waals surface area contributed by atoms with Crippen LogP contribution in [0.4, 0.5) is 17.5 Å². The summed E-state index contributed by atoms with van der Waals surface area (Å²) in [5, 5.41) is 17.8. The molecular formula is C19H25N7O. The van der Waals surface area contributed by atoms with E-state index in [4.69, 9.17) is 15.1 Å². The van der Waals surface area contributed by atoms with Gasteiger partial charge in [-0.15, -0.1) is 0 Å². The van der Waals surface area contributed by atoms with E-state index in [1.807, 2.05) is 19.2 Å². The normalized spacial score (nSPS) is 15.4. The Hall–Kier alpha value is -2.71. The van der Waals surface area contributed by atoms with Crippen molar-refractivity contribution in [2.24, 2.45) is 7.05 Å². The molecule has 2 N–H and O–H groups in total. The van der Waals surface area contributed by atoms with Gasteiger partial charge in [-0.2, -0.15) is 15.1 Å². The van der Waals surface area contributed by atoms with Gasteiger partial charge in [0.1, 0.15) is 5.82 Å². The van der Waals surface area contributed by atoms with E-state index in [0.29, 0.717) is 5.95 Å². The number of β-amino-alcohol motifs (C(OH)–C–C–N with tert-alkyl or cyclic N) is 1. The lowest BCUT2D eigenvalue weighted by atomic mass is 10.2. The van der Waals surface area contributed by atoms with E-state index in [-0.39, 0.29) is 6.61 Å². The second-order valence-corrected chi connectivity index (χ2v) is 6.92. The summed E-state index contributed by atoms with van der Waals surface area (Å²) in [6.07, 6.45) is 1.80. The first-order chi connectivity index (χ1) is 13.1. The fourth-order valence-electron chi connectivity index (χ4n) is 3.42. The summed E-state index contributed by atoms with van der Waals surface area (Å²) >= 11 is 0. The number of hydrogen-bond acceptors (Lipinski definition) is 7. The highest BCUT2D eigenvalue weighted by atomic mass is 16.3. The molecule has 0 radical (unpaired) electrons. The van der Waals surface area contributed by atoms with Gasteiger partial charge < -0.3 is 15.3 Å². The van der Waals surface area contributed by atoms with Crippen molar-refractivity contribution in [1.29, 1.82) is 0 Å². The van der Waals surface area contributed by atoms with E-state index in [1.165, 1.54) is 5.56 Å². The van der Waals surface area contributed by atoms with E-state index < -0.39 is 0 Å². The highest BCUT2D eigenvalue weighted by molar-refractivity contribution is 5.89. The number of nitrogens with zero attached hydrogens (tertiary/aromatic N) is 6. The summed E-state index contributed by atoms with van der Waals surface area (Å²) in [4.78, 5) is 14.0. The van der Waals surface area contributed by atoms with Crippen LogP contribution < -0.4 is 10.2 Å². The molecule has 1 aliphatic heterocycles. The first-order valence-corrected chi connectivity index (χ1v) is 9.25. The van der Waals surface area contributed by atoms with Crippen LogP contribution in [0.15, 0.2) is 30.5 Å². The van der Waals surface area contributed by atoms with Crippen LogP contribution in [0, 0.1) is 6.92 Å². The Balaban J connectivity index is 1.65. The van der Waals surface area contributed by atoms with Gasteiger partial charge in [-0.3, -0.25) is 9.58 Å².